The minimum absolute atomic E-state index is 0. The van der Waals surface area contributed by atoms with Crippen molar-refractivity contribution in [2.75, 3.05) is 13.1 Å². The number of halogens is 1. The zero-order valence-corrected chi connectivity index (χ0v) is 14.5. The Kier molecular flexibility index (Phi) is 7.91. The number of aryl methyl sites for hydroxylation is 1. The van der Waals surface area contributed by atoms with Crippen LogP contribution < -0.4 is 10.6 Å². The van der Waals surface area contributed by atoms with Gasteiger partial charge in [0.15, 0.2) is 0 Å². The number of carbonyl (C=O) groups excluding carboxylic acids is 1. The Bertz CT molecular complexity index is 442. The molecule has 0 unspecified atom stereocenters. The molecule has 1 aliphatic rings. The molecule has 2 rings (SSSR count). The minimum Gasteiger partial charge on any atom is -0.351 e. The van der Waals surface area contributed by atoms with Crippen LogP contribution >= 0.6 is 12.4 Å². The maximum absolute atomic E-state index is 12.2. The number of amides is 1. The van der Waals surface area contributed by atoms with E-state index in [2.05, 4.69) is 48.7 Å². The van der Waals surface area contributed by atoms with Gasteiger partial charge >= 0.3 is 0 Å². The van der Waals surface area contributed by atoms with Crippen molar-refractivity contribution in [3.05, 3.63) is 35.9 Å². The van der Waals surface area contributed by atoms with E-state index in [1.807, 2.05) is 6.07 Å². The van der Waals surface area contributed by atoms with Crippen LogP contribution in [0.25, 0.3) is 0 Å². The molecule has 0 bridgehead atoms. The molecule has 1 amide bonds. The van der Waals surface area contributed by atoms with Gasteiger partial charge in [0.1, 0.15) is 0 Å². The van der Waals surface area contributed by atoms with E-state index in [0.717, 1.165) is 38.8 Å². The summed E-state index contributed by atoms with van der Waals surface area (Å²) < 4.78 is 0. The van der Waals surface area contributed by atoms with Gasteiger partial charge in [0.05, 0.1) is 0 Å². The fourth-order valence-corrected chi connectivity index (χ4v) is 2.94. The smallest absolute Gasteiger partial charge is 0.220 e. The average Bonchev–Trinajstić information content (AvgIpc) is 2.47. The summed E-state index contributed by atoms with van der Waals surface area (Å²) in [6.45, 7) is 6.34. The van der Waals surface area contributed by atoms with Crippen LogP contribution in [-0.4, -0.2) is 24.5 Å². The fraction of sp³-hybridized carbons (Fsp3) is 0.611. The molecule has 22 heavy (non-hydrogen) atoms. The van der Waals surface area contributed by atoms with Crippen molar-refractivity contribution >= 4 is 18.3 Å². The predicted molar refractivity (Wildman–Crippen MR) is 94.4 cm³/mol. The highest BCUT2D eigenvalue weighted by molar-refractivity contribution is 5.85. The summed E-state index contributed by atoms with van der Waals surface area (Å²) in [5.74, 6) is 0.760. The van der Waals surface area contributed by atoms with Crippen molar-refractivity contribution in [3.8, 4) is 0 Å². The van der Waals surface area contributed by atoms with Gasteiger partial charge in [-0.3, -0.25) is 4.79 Å². The normalized spacial score (nSPS) is 15.9. The van der Waals surface area contributed by atoms with Gasteiger partial charge in [-0.2, -0.15) is 0 Å². The van der Waals surface area contributed by atoms with Gasteiger partial charge in [-0.05, 0) is 64.1 Å². The third-order valence-corrected chi connectivity index (χ3v) is 4.29. The van der Waals surface area contributed by atoms with Gasteiger partial charge in [0.2, 0.25) is 5.91 Å². The average molecular weight is 325 g/mol. The van der Waals surface area contributed by atoms with Crippen molar-refractivity contribution in [2.45, 2.75) is 51.5 Å². The first-order chi connectivity index (χ1) is 10.1. The Morgan fingerprint density at radius 3 is 2.50 bits per heavy atom. The third kappa shape index (κ3) is 6.80. The highest BCUT2D eigenvalue weighted by atomic mass is 35.5. The molecule has 1 aliphatic heterocycles. The Labute approximate surface area is 140 Å². The van der Waals surface area contributed by atoms with Gasteiger partial charge in [0.25, 0.3) is 0 Å². The summed E-state index contributed by atoms with van der Waals surface area (Å²) in [5.41, 5.74) is 1.19. The largest absolute Gasteiger partial charge is 0.351 e. The number of carbonyl (C=O) groups is 1. The molecule has 124 valence electrons. The monoisotopic (exact) mass is 324 g/mol. The first-order valence-corrected chi connectivity index (χ1v) is 8.11. The summed E-state index contributed by atoms with van der Waals surface area (Å²) >= 11 is 0. The van der Waals surface area contributed by atoms with Crippen LogP contribution in [0.5, 0.6) is 0 Å². The van der Waals surface area contributed by atoms with Crippen LogP contribution in [0.3, 0.4) is 0 Å². The summed E-state index contributed by atoms with van der Waals surface area (Å²) in [5, 5.41) is 6.56. The van der Waals surface area contributed by atoms with Crippen LogP contribution in [0, 0.1) is 5.92 Å². The molecule has 2 N–H and O–H groups in total. The number of benzene rings is 1. The standard InChI is InChI=1S/C18H28N2O.ClH/c1-18(2,11-8-15-6-4-3-5-7-15)20-17(21)14-16-9-12-19-13-10-16;/h3-7,16,19H,8-14H2,1-2H3,(H,20,21);1H. The fourth-order valence-electron chi connectivity index (χ4n) is 2.94. The summed E-state index contributed by atoms with van der Waals surface area (Å²) in [4.78, 5) is 12.2. The van der Waals surface area contributed by atoms with Crippen molar-refractivity contribution in [2.24, 2.45) is 5.92 Å². The van der Waals surface area contributed by atoms with Crippen LogP contribution in [0.15, 0.2) is 30.3 Å². The molecule has 0 spiro atoms. The lowest BCUT2D eigenvalue weighted by Gasteiger charge is -2.28. The van der Waals surface area contributed by atoms with Gasteiger partial charge in [-0.15, -0.1) is 12.4 Å². The maximum atomic E-state index is 12.2. The molecule has 3 nitrogen and oxygen atoms in total. The predicted octanol–water partition coefficient (Wildman–Crippen LogP) is 3.33. The van der Waals surface area contributed by atoms with E-state index in [1.54, 1.807) is 0 Å². The van der Waals surface area contributed by atoms with E-state index >= 15 is 0 Å². The van der Waals surface area contributed by atoms with Crippen LogP contribution in [-0.2, 0) is 11.2 Å². The summed E-state index contributed by atoms with van der Waals surface area (Å²) in [6.07, 6.45) is 4.89. The van der Waals surface area contributed by atoms with Gasteiger partial charge in [0, 0.05) is 12.0 Å². The quantitative estimate of drug-likeness (QED) is 0.842. The third-order valence-electron chi connectivity index (χ3n) is 4.29. The molecular weight excluding hydrogens is 296 g/mol. The SMILES string of the molecule is CC(C)(CCc1ccccc1)NC(=O)CC1CCNCC1.Cl. The summed E-state index contributed by atoms with van der Waals surface area (Å²) in [7, 11) is 0. The second-order valence-corrected chi connectivity index (χ2v) is 6.82. The highest BCUT2D eigenvalue weighted by Gasteiger charge is 2.23. The van der Waals surface area contributed by atoms with Crippen molar-refractivity contribution in [1.29, 1.82) is 0 Å². The zero-order chi connectivity index (χ0) is 15.1. The molecule has 0 saturated carbocycles. The van der Waals surface area contributed by atoms with Gasteiger partial charge < -0.3 is 10.6 Å². The zero-order valence-electron chi connectivity index (χ0n) is 13.7. The van der Waals surface area contributed by atoms with E-state index in [9.17, 15) is 4.79 Å². The molecule has 1 heterocycles. The van der Waals surface area contributed by atoms with Crippen molar-refractivity contribution < 1.29 is 4.79 Å². The molecule has 4 heteroatoms. The van der Waals surface area contributed by atoms with Gasteiger partial charge in [-0.25, -0.2) is 0 Å². The Hall–Kier alpha value is -1.06. The lowest BCUT2D eigenvalue weighted by Crippen LogP contribution is -2.44. The first kappa shape index (κ1) is 19.0. The second-order valence-electron chi connectivity index (χ2n) is 6.82. The van der Waals surface area contributed by atoms with E-state index in [0.29, 0.717) is 12.3 Å². The molecule has 1 aromatic carbocycles. The number of hydrogen-bond acceptors (Lipinski definition) is 2. The molecule has 0 aromatic heterocycles. The number of rotatable bonds is 6. The molecule has 0 atom stereocenters. The van der Waals surface area contributed by atoms with Crippen LogP contribution in [0.4, 0.5) is 0 Å². The highest BCUT2D eigenvalue weighted by Crippen LogP contribution is 2.18. The number of hydrogen-bond donors (Lipinski definition) is 2. The van der Waals surface area contributed by atoms with Crippen molar-refractivity contribution in [1.82, 2.24) is 10.6 Å². The van der Waals surface area contributed by atoms with Crippen LogP contribution in [0.2, 0.25) is 0 Å². The van der Waals surface area contributed by atoms with Crippen molar-refractivity contribution in [3.63, 3.8) is 0 Å². The maximum Gasteiger partial charge on any atom is 0.220 e. The topological polar surface area (TPSA) is 41.1 Å². The molecule has 0 aliphatic carbocycles. The Morgan fingerprint density at radius 2 is 1.86 bits per heavy atom. The van der Waals surface area contributed by atoms with E-state index < -0.39 is 0 Å². The van der Waals surface area contributed by atoms with E-state index in [1.165, 1.54) is 5.56 Å². The van der Waals surface area contributed by atoms with Crippen LogP contribution in [0.1, 0.15) is 45.1 Å². The lowest BCUT2D eigenvalue weighted by atomic mass is 9.92. The van der Waals surface area contributed by atoms with E-state index in [4.69, 9.17) is 0 Å². The van der Waals surface area contributed by atoms with Gasteiger partial charge in [-0.1, -0.05) is 30.3 Å². The molecular formula is C18H29ClN2O. The molecule has 1 aromatic rings. The van der Waals surface area contributed by atoms with E-state index in [-0.39, 0.29) is 23.9 Å². The first-order valence-electron chi connectivity index (χ1n) is 8.11. The minimum atomic E-state index is -0.139. The number of piperidine rings is 1. The Balaban J connectivity index is 0.00000242. The summed E-state index contributed by atoms with van der Waals surface area (Å²) in [6, 6.07) is 10.5. The molecule has 1 fully saturated rings. The Morgan fingerprint density at radius 1 is 1.23 bits per heavy atom. The molecule has 1 saturated heterocycles. The number of nitrogens with one attached hydrogen (secondary N) is 2. The molecule has 0 radical (unpaired) electrons. The second kappa shape index (κ2) is 9.16. The lowest BCUT2D eigenvalue weighted by molar-refractivity contribution is -0.123.